The third-order valence-corrected chi connectivity index (χ3v) is 4.36. The predicted octanol–water partition coefficient (Wildman–Crippen LogP) is 2.42. The molecule has 1 aliphatic rings. The summed E-state index contributed by atoms with van der Waals surface area (Å²) in [5.41, 5.74) is 2.28. The van der Waals surface area contributed by atoms with Crippen LogP contribution >= 0.6 is 0 Å². The zero-order valence-corrected chi connectivity index (χ0v) is 13.4. The van der Waals surface area contributed by atoms with E-state index in [0.29, 0.717) is 6.42 Å². The smallest absolute Gasteiger partial charge is 0.228 e. The van der Waals surface area contributed by atoms with Gasteiger partial charge in [0.1, 0.15) is 0 Å². The number of anilines is 1. The van der Waals surface area contributed by atoms with E-state index in [1.807, 2.05) is 25.2 Å². The molecule has 0 aromatic heterocycles. The Kier molecular flexibility index (Phi) is 5.76. The minimum Gasteiger partial charge on any atom is -0.315 e. The van der Waals surface area contributed by atoms with Crippen LogP contribution < -0.4 is 10.2 Å². The van der Waals surface area contributed by atoms with Crippen molar-refractivity contribution in [3.8, 4) is 0 Å². The van der Waals surface area contributed by atoms with Crippen LogP contribution in [0.4, 0.5) is 5.69 Å². The first-order valence-electron chi connectivity index (χ1n) is 7.98. The summed E-state index contributed by atoms with van der Waals surface area (Å²) >= 11 is 0. The highest BCUT2D eigenvalue weighted by Crippen LogP contribution is 2.33. The summed E-state index contributed by atoms with van der Waals surface area (Å²) in [4.78, 5) is 16.3. The number of para-hydroxylation sites is 1. The molecular formula is C17H27N3O. The fourth-order valence-corrected chi connectivity index (χ4v) is 2.94. The van der Waals surface area contributed by atoms with Crippen molar-refractivity contribution in [2.45, 2.75) is 32.7 Å². The molecule has 0 saturated heterocycles. The summed E-state index contributed by atoms with van der Waals surface area (Å²) in [5.74, 6) is 0.190. The average molecular weight is 289 g/mol. The van der Waals surface area contributed by atoms with Gasteiger partial charge in [-0.05, 0) is 44.2 Å². The second kappa shape index (κ2) is 7.57. The van der Waals surface area contributed by atoms with E-state index in [1.165, 1.54) is 5.56 Å². The SMILES string of the molecule is CCN(CC)CCCNC1CC(=O)N(C)c2ccccc21. The van der Waals surface area contributed by atoms with Crippen LogP contribution in [0.3, 0.4) is 0 Å². The molecule has 0 spiro atoms. The Bertz CT molecular complexity index is 471. The first-order valence-corrected chi connectivity index (χ1v) is 7.98. The number of fused-ring (bicyclic) bond motifs is 1. The molecule has 1 aliphatic heterocycles. The number of carbonyl (C=O) groups excluding carboxylic acids is 1. The number of hydrogen-bond donors (Lipinski definition) is 1. The van der Waals surface area contributed by atoms with Crippen molar-refractivity contribution in [1.82, 2.24) is 10.2 Å². The molecule has 1 aromatic carbocycles. The Labute approximate surface area is 128 Å². The van der Waals surface area contributed by atoms with Crippen molar-refractivity contribution in [2.24, 2.45) is 0 Å². The van der Waals surface area contributed by atoms with Gasteiger partial charge in [-0.3, -0.25) is 4.79 Å². The van der Waals surface area contributed by atoms with Crippen LogP contribution in [-0.2, 0) is 4.79 Å². The molecule has 0 aliphatic carbocycles. The molecular weight excluding hydrogens is 262 g/mol. The quantitative estimate of drug-likeness (QED) is 0.783. The normalized spacial score (nSPS) is 18.2. The highest BCUT2D eigenvalue weighted by Gasteiger charge is 2.28. The number of nitrogens with one attached hydrogen (secondary N) is 1. The van der Waals surface area contributed by atoms with E-state index in [9.17, 15) is 4.79 Å². The maximum Gasteiger partial charge on any atom is 0.228 e. The zero-order valence-electron chi connectivity index (χ0n) is 13.4. The van der Waals surface area contributed by atoms with E-state index in [0.717, 1.165) is 38.3 Å². The average Bonchev–Trinajstić information content (AvgIpc) is 2.52. The summed E-state index contributed by atoms with van der Waals surface area (Å²) in [6.45, 7) is 8.67. The lowest BCUT2D eigenvalue weighted by Crippen LogP contribution is -2.38. The lowest BCUT2D eigenvalue weighted by Gasteiger charge is -2.32. The molecule has 21 heavy (non-hydrogen) atoms. The Balaban J connectivity index is 1.92. The van der Waals surface area contributed by atoms with Crippen LogP contribution in [0, 0.1) is 0 Å². The molecule has 0 saturated carbocycles. The van der Waals surface area contributed by atoms with Crippen molar-refractivity contribution in [1.29, 1.82) is 0 Å². The maximum atomic E-state index is 12.1. The summed E-state index contributed by atoms with van der Waals surface area (Å²) in [7, 11) is 1.86. The van der Waals surface area contributed by atoms with E-state index in [4.69, 9.17) is 0 Å². The van der Waals surface area contributed by atoms with Gasteiger partial charge in [0, 0.05) is 25.2 Å². The predicted molar refractivity (Wildman–Crippen MR) is 87.6 cm³/mol. The maximum absolute atomic E-state index is 12.1. The molecule has 1 unspecified atom stereocenters. The van der Waals surface area contributed by atoms with Gasteiger partial charge < -0.3 is 15.1 Å². The van der Waals surface area contributed by atoms with Crippen LogP contribution in [0.15, 0.2) is 24.3 Å². The Hall–Kier alpha value is -1.39. The molecule has 1 aromatic rings. The van der Waals surface area contributed by atoms with Crippen molar-refractivity contribution < 1.29 is 4.79 Å². The van der Waals surface area contributed by atoms with E-state index < -0.39 is 0 Å². The van der Waals surface area contributed by atoms with Crippen LogP contribution in [-0.4, -0.2) is 44.0 Å². The lowest BCUT2D eigenvalue weighted by molar-refractivity contribution is -0.119. The number of carbonyl (C=O) groups is 1. The molecule has 4 heteroatoms. The molecule has 1 amide bonds. The number of hydrogen-bond acceptors (Lipinski definition) is 3. The second-order valence-corrected chi connectivity index (χ2v) is 5.60. The second-order valence-electron chi connectivity index (χ2n) is 5.60. The number of nitrogens with zero attached hydrogens (tertiary/aromatic N) is 2. The van der Waals surface area contributed by atoms with Crippen molar-refractivity contribution >= 4 is 11.6 Å². The summed E-state index contributed by atoms with van der Waals surface area (Å²) in [6, 6.07) is 8.34. The zero-order chi connectivity index (χ0) is 15.2. The van der Waals surface area contributed by atoms with Gasteiger partial charge in [0.2, 0.25) is 5.91 Å². The van der Waals surface area contributed by atoms with E-state index in [2.05, 4.69) is 30.1 Å². The van der Waals surface area contributed by atoms with Gasteiger partial charge in [0.15, 0.2) is 0 Å². The van der Waals surface area contributed by atoms with Crippen LogP contribution in [0.2, 0.25) is 0 Å². The lowest BCUT2D eigenvalue weighted by atomic mass is 9.96. The van der Waals surface area contributed by atoms with Crippen LogP contribution in [0.25, 0.3) is 0 Å². The molecule has 0 bridgehead atoms. The van der Waals surface area contributed by atoms with E-state index in [1.54, 1.807) is 4.90 Å². The largest absolute Gasteiger partial charge is 0.315 e. The summed E-state index contributed by atoms with van der Waals surface area (Å²) in [6.07, 6.45) is 1.67. The molecule has 1 atom stereocenters. The highest BCUT2D eigenvalue weighted by molar-refractivity contribution is 5.96. The van der Waals surface area contributed by atoms with Crippen molar-refractivity contribution in [3.05, 3.63) is 29.8 Å². The van der Waals surface area contributed by atoms with Gasteiger partial charge in [-0.1, -0.05) is 32.0 Å². The Morgan fingerprint density at radius 2 is 2.00 bits per heavy atom. The molecule has 2 rings (SSSR count). The third kappa shape index (κ3) is 3.83. The van der Waals surface area contributed by atoms with E-state index >= 15 is 0 Å². The van der Waals surface area contributed by atoms with Gasteiger partial charge in [-0.25, -0.2) is 0 Å². The van der Waals surface area contributed by atoms with Gasteiger partial charge >= 0.3 is 0 Å². The topological polar surface area (TPSA) is 35.6 Å². The summed E-state index contributed by atoms with van der Waals surface area (Å²) in [5, 5.41) is 3.56. The minimum atomic E-state index is 0.154. The number of amides is 1. The first kappa shape index (κ1) is 16.0. The monoisotopic (exact) mass is 289 g/mol. The van der Waals surface area contributed by atoms with Crippen LogP contribution in [0.5, 0.6) is 0 Å². The third-order valence-electron chi connectivity index (χ3n) is 4.36. The number of rotatable bonds is 7. The standard InChI is InChI=1S/C17H27N3O/c1-4-20(5-2)12-8-11-18-15-13-17(21)19(3)16-10-7-6-9-14(15)16/h6-7,9-10,15,18H,4-5,8,11-13H2,1-3H3. The van der Waals surface area contributed by atoms with Gasteiger partial charge in [-0.15, -0.1) is 0 Å². The minimum absolute atomic E-state index is 0.154. The van der Waals surface area contributed by atoms with Crippen molar-refractivity contribution in [3.63, 3.8) is 0 Å². The van der Waals surface area contributed by atoms with Gasteiger partial charge in [0.05, 0.1) is 0 Å². The van der Waals surface area contributed by atoms with Gasteiger partial charge in [0.25, 0.3) is 0 Å². The van der Waals surface area contributed by atoms with Gasteiger partial charge in [-0.2, -0.15) is 0 Å². The molecule has 1 N–H and O–H groups in total. The Morgan fingerprint density at radius 3 is 2.71 bits per heavy atom. The number of benzene rings is 1. The molecule has 0 fully saturated rings. The molecule has 4 nitrogen and oxygen atoms in total. The summed E-state index contributed by atoms with van der Waals surface area (Å²) < 4.78 is 0. The fourth-order valence-electron chi connectivity index (χ4n) is 2.94. The first-order chi connectivity index (χ1) is 10.2. The Morgan fingerprint density at radius 1 is 1.29 bits per heavy atom. The van der Waals surface area contributed by atoms with Crippen molar-refractivity contribution in [2.75, 3.05) is 38.1 Å². The molecule has 116 valence electrons. The van der Waals surface area contributed by atoms with Crippen LogP contribution in [0.1, 0.15) is 38.3 Å². The van der Waals surface area contributed by atoms with E-state index in [-0.39, 0.29) is 11.9 Å². The molecule has 0 radical (unpaired) electrons. The highest BCUT2D eigenvalue weighted by atomic mass is 16.2. The molecule has 1 heterocycles. The fraction of sp³-hybridized carbons (Fsp3) is 0.588.